The monoisotopic (exact) mass is 302 g/mol. The number of sulfonamides is 1. The fourth-order valence-electron chi connectivity index (χ4n) is 2.45. The molecule has 112 valence electrons. The van der Waals surface area contributed by atoms with Crippen LogP contribution in [0.1, 0.15) is 18.6 Å². The van der Waals surface area contributed by atoms with Crippen LogP contribution < -0.4 is 4.90 Å². The molecule has 2 rings (SSSR count). The number of nitrogens with zero attached hydrogens (tertiary/aromatic N) is 2. The van der Waals surface area contributed by atoms with Gasteiger partial charge in [0.05, 0.1) is 18.0 Å². The zero-order chi connectivity index (χ0) is 14.9. The molecule has 0 aliphatic carbocycles. The molecule has 1 saturated heterocycles. The number of aliphatic hydroxyl groups excluding tert-OH is 1. The third-order valence-corrected chi connectivity index (χ3v) is 4.80. The number of aliphatic hydroxyl groups is 1. The van der Waals surface area contributed by atoms with Crippen LogP contribution >= 0.6 is 0 Å². The predicted molar refractivity (Wildman–Crippen MR) is 75.7 cm³/mol. The summed E-state index contributed by atoms with van der Waals surface area (Å²) in [5.74, 6) is -0.392. The Morgan fingerprint density at radius 2 is 1.85 bits per heavy atom. The fraction of sp³-hybridized carbons (Fsp3) is 0.538. The van der Waals surface area contributed by atoms with Crippen LogP contribution in [0.4, 0.5) is 10.1 Å². The third-order valence-electron chi connectivity index (χ3n) is 3.49. The van der Waals surface area contributed by atoms with Gasteiger partial charge in [-0.3, -0.25) is 0 Å². The Morgan fingerprint density at radius 1 is 1.25 bits per heavy atom. The van der Waals surface area contributed by atoms with E-state index in [0.717, 1.165) is 0 Å². The zero-order valence-corrected chi connectivity index (χ0v) is 12.4. The van der Waals surface area contributed by atoms with E-state index in [9.17, 15) is 17.9 Å². The van der Waals surface area contributed by atoms with Crippen molar-refractivity contribution in [2.45, 2.75) is 13.0 Å². The van der Waals surface area contributed by atoms with Gasteiger partial charge in [-0.05, 0) is 13.0 Å². The average Bonchev–Trinajstić information content (AvgIpc) is 2.37. The molecule has 7 heteroatoms. The summed E-state index contributed by atoms with van der Waals surface area (Å²) < 4.78 is 38.4. The van der Waals surface area contributed by atoms with Crippen LogP contribution in [0, 0.1) is 5.82 Å². The molecule has 1 aliphatic heterocycles. The topological polar surface area (TPSA) is 60.9 Å². The molecular weight excluding hydrogens is 283 g/mol. The van der Waals surface area contributed by atoms with Gasteiger partial charge in [-0.1, -0.05) is 12.1 Å². The lowest BCUT2D eigenvalue weighted by atomic mass is 10.1. The molecule has 5 nitrogen and oxygen atoms in total. The van der Waals surface area contributed by atoms with E-state index in [0.29, 0.717) is 37.4 Å². The van der Waals surface area contributed by atoms with Crippen molar-refractivity contribution in [1.82, 2.24) is 4.31 Å². The predicted octanol–water partition coefficient (Wildman–Crippen LogP) is 0.961. The van der Waals surface area contributed by atoms with Gasteiger partial charge in [0.15, 0.2) is 0 Å². The highest BCUT2D eigenvalue weighted by Crippen LogP contribution is 2.30. The number of hydrogen-bond donors (Lipinski definition) is 1. The normalized spacial score (nSPS) is 19.1. The number of rotatable bonds is 3. The van der Waals surface area contributed by atoms with E-state index in [-0.39, 0.29) is 0 Å². The van der Waals surface area contributed by atoms with Crippen LogP contribution in [0.3, 0.4) is 0 Å². The average molecular weight is 302 g/mol. The molecule has 1 heterocycles. The highest BCUT2D eigenvalue weighted by atomic mass is 32.2. The van der Waals surface area contributed by atoms with Gasteiger partial charge in [0.1, 0.15) is 5.82 Å². The summed E-state index contributed by atoms with van der Waals surface area (Å²) in [4.78, 5) is 1.79. The van der Waals surface area contributed by atoms with Crippen molar-refractivity contribution in [1.29, 1.82) is 0 Å². The second-order valence-corrected chi connectivity index (χ2v) is 6.99. The minimum absolute atomic E-state index is 0.326. The number of benzene rings is 1. The number of halogens is 1. The largest absolute Gasteiger partial charge is 0.389 e. The van der Waals surface area contributed by atoms with Crippen molar-refractivity contribution in [2.75, 3.05) is 37.3 Å². The lowest BCUT2D eigenvalue weighted by Crippen LogP contribution is -2.48. The van der Waals surface area contributed by atoms with Crippen LogP contribution in [0.25, 0.3) is 0 Å². The van der Waals surface area contributed by atoms with Crippen molar-refractivity contribution >= 4 is 15.7 Å². The molecule has 1 aromatic carbocycles. The molecule has 20 heavy (non-hydrogen) atoms. The highest BCUT2D eigenvalue weighted by molar-refractivity contribution is 7.88. The standard InChI is InChI=1S/C13H19FN2O3S/c1-10(17)11-4-3-5-12(14)13(11)15-6-8-16(9-7-15)20(2,18)19/h3-5,10,17H,6-9H2,1-2H3/t10-/m1/s1. The third kappa shape index (κ3) is 3.11. The van der Waals surface area contributed by atoms with Crippen molar-refractivity contribution in [2.24, 2.45) is 0 Å². The Morgan fingerprint density at radius 3 is 2.35 bits per heavy atom. The van der Waals surface area contributed by atoms with E-state index in [2.05, 4.69) is 0 Å². The SMILES string of the molecule is C[C@@H](O)c1cccc(F)c1N1CCN(S(C)(=O)=O)CC1. The van der Waals surface area contributed by atoms with Crippen LogP contribution in [0.5, 0.6) is 0 Å². The number of para-hydroxylation sites is 1. The van der Waals surface area contributed by atoms with E-state index in [1.54, 1.807) is 24.0 Å². The van der Waals surface area contributed by atoms with E-state index in [1.165, 1.54) is 16.6 Å². The summed E-state index contributed by atoms with van der Waals surface area (Å²) in [5.41, 5.74) is 0.897. The maximum absolute atomic E-state index is 14.0. The first-order chi connectivity index (χ1) is 9.30. The summed E-state index contributed by atoms with van der Waals surface area (Å²) in [6.07, 6.45) is 0.404. The van der Waals surface area contributed by atoms with E-state index >= 15 is 0 Å². The smallest absolute Gasteiger partial charge is 0.211 e. The van der Waals surface area contributed by atoms with Crippen molar-refractivity contribution < 1.29 is 17.9 Å². The molecule has 1 fully saturated rings. The van der Waals surface area contributed by atoms with Gasteiger partial charge in [-0.15, -0.1) is 0 Å². The van der Waals surface area contributed by atoms with Crippen molar-refractivity contribution in [3.8, 4) is 0 Å². The lowest BCUT2D eigenvalue weighted by molar-refractivity contribution is 0.199. The van der Waals surface area contributed by atoms with E-state index in [4.69, 9.17) is 0 Å². The molecule has 0 saturated carbocycles. The van der Waals surface area contributed by atoms with Crippen molar-refractivity contribution in [3.05, 3.63) is 29.6 Å². The minimum atomic E-state index is -3.20. The molecule has 0 spiro atoms. The molecule has 0 aromatic heterocycles. The number of piperazine rings is 1. The summed E-state index contributed by atoms with van der Waals surface area (Å²) >= 11 is 0. The summed E-state index contributed by atoms with van der Waals surface area (Å²) in [6.45, 7) is 3.06. The van der Waals surface area contributed by atoms with E-state index < -0.39 is 21.9 Å². The van der Waals surface area contributed by atoms with Crippen LogP contribution in [0.2, 0.25) is 0 Å². The first kappa shape index (κ1) is 15.2. The van der Waals surface area contributed by atoms with Crippen LogP contribution in [-0.4, -0.2) is 50.3 Å². The lowest BCUT2D eigenvalue weighted by Gasteiger charge is -2.36. The second-order valence-electron chi connectivity index (χ2n) is 5.00. The maximum atomic E-state index is 14.0. The first-order valence-electron chi connectivity index (χ1n) is 6.47. The van der Waals surface area contributed by atoms with Gasteiger partial charge in [-0.25, -0.2) is 12.8 Å². The molecule has 0 radical (unpaired) electrons. The van der Waals surface area contributed by atoms with Gasteiger partial charge in [0.25, 0.3) is 0 Å². The molecule has 1 aliphatic rings. The Kier molecular flexibility index (Phi) is 4.31. The Balaban J connectivity index is 2.23. The van der Waals surface area contributed by atoms with Crippen LogP contribution in [0.15, 0.2) is 18.2 Å². The van der Waals surface area contributed by atoms with Gasteiger partial charge in [-0.2, -0.15) is 4.31 Å². The molecule has 1 aromatic rings. The Bertz CT molecular complexity index is 581. The fourth-order valence-corrected chi connectivity index (χ4v) is 3.27. The molecule has 1 atom stereocenters. The minimum Gasteiger partial charge on any atom is -0.389 e. The highest BCUT2D eigenvalue weighted by Gasteiger charge is 2.26. The van der Waals surface area contributed by atoms with Gasteiger partial charge in [0.2, 0.25) is 10.0 Å². The summed E-state index contributed by atoms with van der Waals surface area (Å²) in [6, 6.07) is 4.60. The first-order valence-corrected chi connectivity index (χ1v) is 8.32. The molecule has 1 N–H and O–H groups in total. The Hall–Kier alpha value is -1.18. The molecule has 0 unspecified atom stereocenters. The van der Waals surface area contributed by atoms with Gasteiger partial charge in [0, 0.05) is 31.7 Å². The summed E-state index contributed by atoms with van der Waals surface area (Å²) in [5, 5.41) is 9.74. The van der Waals surface area contributed by atoms with Gasteiger partial charge >= 0.3 is 0 Å². The van der Waals surface area contributed by atoms with Gasteiger partial charge < -0.3 is 10.0 Å². The zero-order valence-electron chi connectivity index (χ0n) is 11.6. The second kappa shape index (κ2) is 5.67. The maximum Gasteiger partial charge on any atom is 0.211 e. The summed E-state index contributed by atoms with van der Waals surface area (Å²) in [7, 11) is -3.20. The molecular formula is C13H19FN2O3S. The quantitative estimate of drug-likeness (QED) is 0.903. The van der Waals surface area contributed by atoms with Crippen LogP contribution in [-0.2, 0) is 10.0 Å². The number of anilines is 1. The van der Waals surface area contributed by atoms with Crippen molar-refractivity contribution in [3.63, 3.8) is 0 Å². The molecule has 0 amide bonds. The number of hydrogen-bond acceptors (Lipinski definition) is 4. The van der Waals surface area contributed by atoms with E-state index in [1.807, 2.05) is 0 Å². The molecule has 0 bridgehead atoms. The Labute approximate surface area is 118 Å².